The molecular weight excluding hydrogens is 238 g/mol. The van der Waals surface area contributed by atoms with E-state index in [1.54, 1.807) is 0 Å². The average Bonchev–Trinajstić information content (AvgIpc) is 2.47. The predicted octanol–water partition coefficient (Wildman–Crippen LogP) is 4.64. The lowest BCUT2D eigenvalue weighted by Gasteiger charge is -2.08. The van der Waals surface area contributed by atoms with Crippen molar-refractivity contribution in [3.05, 3.63) is 76.2 Å². The molecular formula is C15H15N3O. The Kier molecular flexibility index (Phi) is 4.43. The summed E-state index contributed by atoms with van der Waals surface area (Å²) in [6.07, 6.45) is 0. The standard InChI is InChI=1S/C15H15N3O/c1-12(17-18-16)14-7-9-15(10-8-14)19-11-13-5-3-2-4-6-13/h2-10,12H,11H2,1H3. The Morgan fingerprint density at radius 3 is 2.42 bits per heavy atom. The summed E-state index contributed by atoms with van der Waals surface area (Å²) in [7, 11) is 0. The number of hydrogen-bond acceptors (Lipinski definition) is 2. The molecule has 0 saturated heterocycles. The minimum absolute atomic E-state index is 0.159. The van der Waals surface area contributed by atoms with Crippen LogP contribution in [0.5, 0.6) is 5.75 Å². The number of rotatable bonds is 5. The van der Waals surface area contributed by atoms with Crippen molar-refractivity contribution in [2.45, 2.75) is 19.6 Å². The van der Waals surface area contributed by atoms with Crippen molar-refractivity contribution >= 4 is 0 Å². The third-order valence-corrected chi connectivity index (χ3v) is 2.84. The Labute approximate surface area is 112 Å². The molecule has 96 valence electrons. The molecule has 0 radical (unpaired) electrons. The first-order valence-corrected chi connectivity index (χ1v) is 6.10. The van der Waals surface area contributed by atoms with Crippen molar-refractivity contribution in [3.8, 4) is 5.75 Å². The van der Waals surface area contributed by atoms with Crippen LogP contribution in [0.3, 0.4) is 0 Å². The van der Waals surface area contributed by atoms with Gasteiger partial charge in [0.25, 0.3) is 0 Å². The molecule has 1 unspecified atom stereocenters. The van der Waals surface area contributed by atoms with Crippen LogP contribution < -0.4 is 4.74 Å². The van der Waals surface area contributed by atoms with Crippen LogP contribution in [0, 0.1) is 0 Å². The molecule has 1 atom stereocenters. The molecule has 4 nitrogen and oxygen atoms in total. The first-order valence-electron chi connectivity index (χ1n) is 6.10. The summed E-state index contributed by atoms with van der Waals surface area (Å²) in [5, 5.41) is 3.66. The number of ether oxygens (including phenoxy) is 1. The highest BCUT2D eigenvalue weighted by Crippen LogP contribution is 2.20. The van der Waals surface area contributed by atoms with Gasteiger partial charge in [-0.05, 0) is 28.8 Å². The second-order valence-corrected chi connectivity index (χ2v) is 4.22. The van der Waals surface area contributed by atoms with Crippen LogP contribution in [0.4, 0.5) is 0 Å². The normalized spacial score (nSPS) is 11.4. The van der Waals surface area contributed by atoms with E-state index in [-0.39, 0.29) is 6.04 Å². The van der Waals surface area contributed by atoms with Crippen molar-refractivity contribution in [1.82, 2.24) is 0 Å². The van der Waals surface area contributed by atoms with Gasteiger partial charge in [-0.2, -0.15) is 0 Å². The van der Waals surface area contributed by atoms with Gasteiger partial charge in [0.1, 0.15) is 12.4 Å². The van der Waals surface area contributed by atoms with E-state index in [0.717, 1.165) is 16.9 Å². The summed E-state index contributed by atoms with van der Waals surface area (Å²) < 4.78 is 5.68. The van der Waals surface area contributed by atoms with Gasteiger partial charge in [-0.15, -0.1) is 0 Å². The summed E-state index contributed by atoms with van der Waals surface area (Å²) in [4.78, 5) is 2.80. The van der Waals surface area contributed by atoms with Gasteiger partial charge in [0, 0.05) is 4.91 Å². The molecule has 0 aliphatic carbocycles. The van der Waals surface area contributed by atoms with Crippen molar-refractivity contribution in [1.29, 1.82) is 0 Å². The number of azide groups is 1. The molecule has 2 aromatic rings. The Hall–Kier alpha value is -2.45. The van der Waals surface area contributed by atoms with Crippen LogP contribution in [0.25, 0.3) is 10.4 Å². The molecule has 0 heterocycles. The zero-order valence-corrected chi connectivity index (χ0v) is 10.7. The quantitative estimate of drug-likeness (QED) is 0.435. The van der Waals surface area contributed by atoms with E-state index in [1.807, 2.05) is 61.5 Å². The average molecular weight is 253 g/mol. The third kappa shape index (κ3) is 3.76. The van der Waals surface area contributed by atoms with Gasteiger partial charge in [0.2, 0.25) is 0 Å². The van der Waals surface area contributed by atoms with Crippen molar-refractivity contribution in [3.63, 3.8) is 0 Å². The molecule has 19 heavy (non-hydrogen) atoms. The Morgan fingerprint density at radius 1 is 1.11 bits per heavy atom. The van der Waals surface area contributed by atoms with Crippen LogP contribution in [0.15, 0.2) is 59.7 Å². The summed E-state index contributed by atoms with van der Waals surface area (Å²) in [5.41, 5.74) is 10.5. The van der Waals surface area contributed by atoms with E-state index in [9.17, 15) is 0 Å². The van der Waals surface area contributed by atoms with Crippen LogP contribution in [-0.2, 0) is 6.61 Å². The van der Waals surface area contributed by atoms with Gasteiger partial charge in [0.15, 0.2) is 0 Å². The van der Waals surface area contributed by atoms with E-state index >= 15 is 0 Å². The highest BCUT2D eigenvalue weighted by atomic mass is 16.5. The topological polar surface area (TPSA) is 58.0 Å². The maximum absolute atomic E-state index is 8.40. The first kappa shape index (κ1) is 13.0. The van der Waals surface area contributed by atoms with Gasteiger partial charge < -0.3 is 4.74 Å². The Morgan fingerprint density at radius 2 is 1.79 bits per heavy atom. The van der Waals surface area contributed by atoms with Gasteiger partial charge in [-0.1, -0.05) is 54.5 Å². The molecule has 0 aliphatic heterocycles. The van der Waals surface area contributed by atoms with Crippen LogP contribution in [-0.4, -0.2) is 0 Å². The van der Waals surface area contributed by atoms with E-state index in [0.29, 0.717) is 6.61 Å². The number of hydrogen-bond donors (Lipinski definition) is 0. The molecule has 0 fully saturated rings. The molecule has 0 N–H and O–H groups in total. The minimum atomic E-state index is -0.159. The lowest BCUT2D eigenvalue weighted by Crippen LogP contribution is -1.95. The monoisotopic (exact) mass is 253 g/mol. The number of benzene rings is 2. The predicted molar refractivity (Wildman–Crippen MR) is 74.8 cm³/mol. The lowest BCUT2D eigenvalue weighted by atomic mass is 10.1. The molecule has 2 aromatic carbocycles. The summed E-state index contributed by atoms with van der Waals surface area (Å²) in [6, 6.07) is 17.5. The van der Waals surface area contributed by atoms with E-state index in [4.69, 9.17) is 10.3 Å². The summed E-state index contributed by atoms with van der Waals surface area (Å²) >= 11 is 0. The zero-order valence-electron chi connectivity index (χ0n) is 10.7. The van der Waals surface area contributed by atoms with Crippen LogP contribution >= 0.6 is 0 Å². The van der Waals surface area contributed by atoms with Crippen molar-refractivity contribution < 1.29 is 4.74 Å². The molecule has 0 bridgehead atoms. The van der Waals surface area contributed by atoms with Gasteiger partial charge in [0.05, 0.1) is 6.04 Å². The second-order valence-electron chi connectivity index (χ2n) is 4.22. The molecule has 4 heteroatoms. The molecule has 0 amide bonds. The molecule has 0 saturated carbocycles. The maximum atomic E-state index is 8.40. The molecule has 0 aliphatic rings. The van der Waals surface area contributed by atoms with E-state index in [1.165, 1.54) is 0 Å². The fourth-order valence-electron chi connectivity index (χ4n) is 1.73. The number of nitrogens with zero attached hydrogens (tertiary/aromatic N) is 3. The van der Waals surface area contributed by atoms with Crippen molar-refractivity contribution in [2.75, 3.05) is 0 Å². The molecule has 0 spiro atoms. The fourth-order valence-corrected chi connectivity index (χ4v) is 1.73. The molecule has 0 aromatic heterocycles. The van der Waals surface area contributed by atoms with Crippen LogP contribution in [0.2, 0.25) is 0 Å². The fraction of sp³-hybridized carbons (Fsp3) is 0.200. The maximum Gasteiger partial charge on any atom is 0.119 e. The third-order valence-electron chi connectivity index (χ3n) is 2.84. The Balaban J connectivity index is 1.97. The minimum Gasteiger partial charge on any atom is -0.489 e. The SMILES string of the molecule is CC(N=[N+]=[N-])c1ccc(OCc2ccccc2)cc1. The highest BCUT2D eigenvalue weighted by molar-refractivity contribution is 5.29. The van der Waals surface area contributed by atoms with Gasteiger partial charge >= 0.3 is 0 Å². The Bertz CT molecular complexity index is 560. The summed E-state index contributed by atoms with van der Waals surface area (Å²) in [6.45, 7) is 2.41. The van der Waals surface area contributed by atoms with Gasteiger partial charge in [-0.3, -0.25) is 0 Å². The molecule has 2 rings (SSSR count). The van der Waals surface area contributed by atoms with E-state index in [2.05, 4.69) is 10.0 Å². The smallest absolute Gasteiger partial charge is 0.119 e. The first-order chi connectivity index (χ1) is 9.29. The van der Waals surface area contributed by atoms with E-state index < -0.39 is 0 Å². The van der Waals surface area contributed by atoms with Gasteiger partial charge in [-0.25, -0.2) is 0 Å². The van der Waals surface area contributed by atoms with Crippen molar-refractivity contribution in [2.24, 2.45) is 5.11 Å². The second kappa shape index (κ2) is 6.47. The van der Waals surface area contributed by atoms with Crippen LogP contribution in [0.1, 0.15) is 24.1 Å². The lowest BCUT2D eigenvalue weighted by molar-refractivity contribution is 0.306. The largest absolute Gasteiger partial charge is 0.489 e. The highest BCUT2D eigenvalue weighted by Gasteiger charge is 2.02. The zero-order chi connectivity index (χ0) is 13.5. The summed E-state index contributed by atoms with van der Waals surface area (Å²) in [5.74, 6) is 0.806.